The van der Waals surface area contributed by atoms with Crippen molar-refractivity contribution >= 4 is 11.5 Å². The van der Waals surface area contributed by atoms with Crippen LogP contribution in [-0.2, 0) is 4.84 Å². The molecular formula is C8H14N4O2. The van der Waals surface area contributed by atoms with Gasteiger partial charge >= 0.3 is 0 Å². The van der Waals surface area contributed by atoms with Gasteiger partial charge in [0.05, 0.1) is 0 Å². The minimum atomic E-state index is -0.360. The maximum atomic E-state index is 8.52. The second kappa shape index (κ2) is 5.07. The predicted molar refractivity (Wildman–Crippen MR) is 51.9 cm³/mol. The Balaban J connectivity index is 4.30. The third kappa shape index (κ3) is 4.98. The zero-order chi connectivity index (χ0) is 11.2. The molecular weight excluding hydrogens is 184 g/mol. The Bertz CT molecular complexity index is 283. The van der Waals surface area contributed by atoms with E-state index in [4.69, 9.17) is 21.0 Å². The Kier molecular flexibility index (Phi) is 4.43. The normalized spacial score (nSPS) is 13.6. The van der Waals surface area contributed by atoms with Crippen molar-refractivity contribution in [1.29, 1.82) is 5.26 Å². The van der Waals surface area contributed by atoms with Gasteiger partial charge in [0.25, 0.3) is 0 Å². The van der Waals surface area contributed by atoms with Gasteiger partial charge in [-0.3, -0.25) is 0 Å². The standard InChI is InChI=1S/C8H14N4O2/c1-8(2,3)5-14-12-6(4-9)7(10)11-13/h13H,5H2,1-3H3,(H2,10,11). The highest BCUT2D eigenvalue weighted by molar-refractivity contribution is 6.46. The average molecular weight is 198 g/mol. The van der Waals surface area contributed by atoms with E-state index in [0.717, 1.165) is 0 Å². The number of nitrogens with zero attached hydrogens (tertiary/aromatic N) is 3. The summed E-state index contributed by atoms with van der Waals surface area (Å²) in [6.45, 7) is 6.21. The second-order valence-corrected chi connectivity index (χ2v) is 3.87. The Morgan fingerprint density at radius 3 is 2.50 bits per heavy atom. The molecule has 0 amide bonds. The van der Waals surface area contributed by atoms with E-state index >= 15 is 0 Å². The molecule has 0 aliphatic carbocycles. The van der Waals surface area contributed by atoms with Crippen LogP contribution in [-0.4, -0.2) is 23.4 Å². The zero-order valence-electron chi connectivity index (χ0n) is 8.48. The fourth-order valence-corrected chi connectivity index (χ4v) is 0.462. The Morgan fingerprint density at radius 2 is 2.14 bits per heavy atom. The summed E-state index contributed by atoms with van der Waals surface area (Å²) in [7, 11) is 0. The lowest BCUT2D eigenvalue weighted by Gasteiger charge is -2.15. The molecule has 0 radical (unpaired) electrons. The molecule has 0 aromatic heterocycles. The summed E-state index contributed by atoms with van der Waals surface area (Å²) < 4.78 is 0. The highest BCUT2D eigenvalue weighted by Crippen LogP contribution is 2.12. The molecule has 0 atom stereocenters. The van der Waals surface area contributed by atoms with E-state index in [0.29, 0.717) is 6.61 Å². The van der Waals surface area contributed by atoms with Gasteiger partial charge in [-0.2, -0.15) is 5.26 Å². The van der Waals surface area contributed by atoms with Crippen LogP contribution in [0, 0.1) is 16.7 Å². The van der Waals surface area contributed by atoms with Gasteiger partial charge in [-0.1, -0.05) is 31.1 Å². The minimum Gasteiger partial charge on any atom is -0.409 e. The topological polar surface area (TPSA) is 104 Å². The van der Waals surface area contributed by atoms with E-state index in [1.165, 1.54) is 0 Å². The fraction of sp³-hybridized carbons (Fsp3) is 0.625. The first-order valence-electron chi connectivity index (χ1n) is 3.98. The SMILES string of the molecule is CC(C)(C)CON=C(C#N)C(N)=NO. The zero-order valence-corrected chi connectivity index (χ0v) is 8.48. The third-order valence-corrected chi connectivity index (χ3v) is 1.11. The van der Waals surface area contributed by atoms with Gasteiger partial charge in [0.1, 0.15) is 12.7 Å². The van der Waals surface area contributed by atoms with E-state index in [9.17, 15) is 0 Å². The van der Waals surface area contributed by atoms with Crippen LogP contribution in [0.25, 0.3) is 0 Å². The molecule has 0 fully saturated rings. The smallest absolute Gasteiger partial charge is 0.224 e. The van der Waals surface area contributed by atoms with E-state index in [1.54, 1.807) is 6.07 Å². The average Bonchev–Trinajstić information content (AvgIpc) is 2.09. The molecule has 0 aromatic carbocycles. The fourth-order valence-electron chi connectivity index (χ4n) is 0.462. The maximum Gasteiger partial charge on any atom is 0.224 e. The minimum absolute atomic E-state index is 0.0603. The van der Waals surface area contributed by atoms with Crippen LogP contribution < -0.4 is 5.73 Å². The van der Waals surface area contributed by atoms with Crippen molar-refractivity contribution in [3.63, 3.8) is 0 Å². The van der Waals surface area contributed by atoms with Crippen molar-refractivity contribution in [3.8, 4) is 6.07 Å². The number of amidine groups is 1. The molecule has 0 unspecified atom stereocenters. The molecule has 0 aliphatic heterocycles. The summed E-state index contributed by atoms with van der Waals surface area (Å²) >= 11 is 0. The second-order valence-electron chi connectivity index (χ2n) is 3.87. The summed E-state index contributed by atoms with van der Waals surface area (Å²) in [5.74, 6) is -0.360. The van der Waals surface area contributed by atoms with Gasteiger partial charge in [0.2, 0.25) is 11.5 Å². The number of nitriles is 1. The number of hydrogen-bond donors (Lipinski definition) is 2. The summed E-state index contributed by atoms with van der Waals surface area (Å²) in [5, 5.41) is 22.9. The van der Waals surface area contributed by atoms with E-state index in [2.05, 4.69) is 10.3 Å². The molecule has 0 heterocycles. The molecule has 6 nitrogen and oxygen atoms in total. The molecule has 0 aliphatic rings. The van der Waals surface area contributed by atoms with Crippen LogP contribution >= 0.6 is 0 Å². The maximum absolute atomic E-state index is 8.52. The molecule has 0 rings (SSSR count). The van der Waals surface area contributed by atoms with E-state index in [1.807, 2.05) is 20.8 Å². The predicted octanol–water partition coefficient (Wildman–Crippen LogP) is 0.675. The van der Waals surface area contributed by atoms with Crippen molar-refractivity contribution in [2.75, 3.05) is 6.61 Å². The lowest BCUT2D eigenvalue weighted by molar-refractivity contribution is 0.0778. The van der Waals surface area contributed by atoms with Crippen molar-refractivity contribution in [2.24, 2.45) is 21.5 Å². The van der Waals surface area contributed by atoms with Crippen molar-refractivity contribution < 1.29 is 10.0 Å². The lowest BCUT2D eigenvalue weighted by atomic mass is 9.99. The Labute approximate surface area is 82.6 Å². The van der Waals surface area contributed by atoms with Crippen LogP contribution in [0.4, 0.5) is 0 Å². The number of oxime groups is 2. The van der Waals surface area contributed by atoms with Crippen LogP contribution in [0.3, 0.4) is 0 Å². The summed E-state index contributed by atoms with van der Waals surface area (Å²) in [6, 6.07) is 1.65. The van der Waals surface area contributed by atoms with Crippen molar-refractivity contribution in [3.05, 3.63) is 0 Å². The molecule has 78 valence electrons. The van der Waals surface area contributed by atoms with Gasteiger partial charge in [0, 0.05) is 0 Å². The first kappa shape index (κ1) is 12.2. The van der Waals surface area contributed by atoms with Crippen LogP contribution in [0.5, 0.6) is 0 Å². The first-order chi connectivity index (χ1) is 6.40. The first-order valence-corrected chi connectivity index (χ1v) is 3.98. The molecule has 0 spiro atoms. The Morgan fingerprint density at radius 1 is 1.57 bits per heavy atom. The number of nitrogens with two attached hydrogens (primary N) is 1. The van der Waals surface area contributed by atoms with Gasteiger partial charge in [-0.05, 0) is 5.41 Å². The summed E-state index contributed by atoms with van der Waals surface area (Å²) in [6.07, 6.45) is 0. The van der Waals surface area contributed by atoms with Gasteiger partial charge in [0.15, 0.2) is 0 Å². The molecule has 3 N–H and O–H groups in total. The Hall–Kier alpha value is -1.77. The molecule has 0 aromatic rings. The van der Waals surface area contributed by atoms with E-state index in [-0.39, 0.29) is 17.0 Å². The van der Waals surface area contributed by atoms with Crippen molar-refractivity contribution in [2.45, 2.75) is 20.8 Å². The van der Waals surface area contributed by atoms with Crippen LogP contribution in [0.15, 0.2) is 10.3 Å². The molecule has 14 heavy (non-hydrogen) atoms. The summed E-state index contributed by atoms with van der Waals surface area (Å²) in [4.78, 5) is 4.87. The molecule has 6 heteroatoms. The number of hydrogen-bond acceptors (Lipinski definition) is 5. The van der Waals surface area contributed by atoms with Crippen LogP contribution in [0.1, 0.15) is 20.8 Å². The molecule has 0 bridgehead atoms. The van der Waals surface area contributed by atoms with Crippen LogP contribution in [0.2, 0.25) is 0 Å². The lowest BCUT2D eigenvalue weighted by Crippen LogP contribution is -2.23. The van der Waals surface area contributed by atoms with E-state index < -0.39 is 0 Å². The van der Waals surface area contributed by atoms with Gasteiger partial charge < -0.3 is 15.8 Å². The molecule has 0 saturated carbocycles. The van der Waals surface area contributed by atoms with Crippen molar-refractivity contribution in [1.82, 2.24) is 0 Å². The molecule has 0 saturated heterocycles. The van der Waals surface area contributed by atoms with Gasteiger partial charge in [-0.15, -0.1) is 0 Å². The third-order valence-electron chi connectivity index (χ3n) is 1.11. The highest BCUT2D eigenvalue weighted by atomic mass is 16.6. The quantitative estimate of drug-likeness (QED) is 0.301. The largest absolute Gasteiger partial charge is 0.409 e. The monoisotopic (exact) mass is 198 g/mol. The number of rotatable bonds is 3. The van der Waals surface area contributed by atoms with Gasteiger partial charge in [-0.25, -0.2) is 0 Å². The summed E-state index contributed by atoms with van der Waals surface area (Å²) in [5.41, 5.74) is 4.84. The highest BCUT2D eigenvalue weighted by Gasteiger charge is 2.11.